The van der Waals surface area contributed by atoms with E-state index >= 15 is 0 Å². The predicted molar refractivity (Wildman–Crippen MR) is 82.4 cm³/mol. The maximum absolute atomic E-state index is 12.2. The highest BCUT2D eigenvalue weighted by atomic mass is 32.1. The summed E-state index contributed by atoms with van der Waals surface area (Å²) in [6, 6.07) is 0.364. The Hall–Kier alpha value is -1.10. The van der Waals surface area contributed by atoms with E-state index in [0.717, 1.165) is 37.0 Å². The third kappa shape index (κ3) is 3.14. The molecule has 1 amide bonds. The molecule has 1 N–H and O–H groups in total. The van der Waals surface area contributed by atoms with Gasteiger partial charge in [0.15, 0.2) is 5.13 Å². The van der Waals surface area contributed by atoms with E-state index in [1.54, 1.807) is 11.3 Å². The second kappa shape index (κ2) is 6.12. The molecule has 1 atom stereocenters. The molecule has 1 aliphatic heterocycles. The summed E-state index contributed by atoms with van der Waals surface area (Å²) in [5.41, 5.74) is 0.593. The minimum absolute atomic E-state index is 0.00413. The van der Waals surface area contributed by atoms with Gasteiger partial charge in [-0.05, 0) is 31.6 Å². The van der Waals surface area contributed by atoms with Crippen molar-refractivity contribution in [2.24, 2.45) is 5.92 Å². The molecule has 110 valence electrons. The Balaban J connectivity index is 1.62. The highest BCUT2D eigenvalue weighted by Crippen LogP contribution is 2.26. The number of thiazole rings is 1. The zero-order chi connectivity index (χ0) is 13.9. The van der Waals surface area contributed by atoms with Crippen LogP contribution in [-0.2, 0) is 0 Å². The topological polar surface area (TPSA) is 45.2 Å². The first-order valence-corrected chi connectivity index (χ1v) is 8.61. The van der Waals surface area contributed by atoms with Crippen molar-refractivity contribution in [2.75, 3.05) is 18.0 Å². The van der Waals surface area contributed by atoms with E-state index in [-0.39, 0.29) is 5.91 Å². The number of hydrogen-bond donors (Lipinski definition) is 1. The van der Waals surface area contributed by atoms with E-state index in [1.165, 1.54) is 25.7 Å². The molecule has 1 aromatic rings. The summed E-state index contributed by atoms with van der Waals surface area (Å²) in [4.78, 5) is 19.0. The van der Waals surface area contributed by atoms with Crippen LogP contribution in [0.1, 0.15) is 55.9 Å². The molecule has 20 heavy (non-hydrogen) atoms. The molecular formula is C15H23N3OS. The lowest BCUT2D eigenvalue weighted by atomic mass is 10.0. The quantitative estimate of drug-likeness (QED) is 0.931. The van der Waals surface area contributed by atoms with Gasteiger partial charge in [-0.3, -0.25) is 4.79 Å². The fraction of sp³-hybridized carbons (Fsp3) is 0.733. The first-order valence-electron chi connectivity index (χ1n) is 7.73. The molecule has 2 heterocycles. The second-order valence-corrected chi connectivity index (χ2v) is 7.00. The van der Waals surface area contributed by atoms with Crippen molar-refractivity contribution in [2.45, 2.75) is 51.5 Å². The van der Waals surface area contributed by atoms with E-state index in [0.29, 0.717) is 11.7 Å². The summed E-state index contributed by atoms with van der Waals surface area (Å²) in [5, 5.41) is 6.02. The van der Waals surface area contributed by atoms with Crippen LogP contribution in [0.5, 0.6) is 0 Å². The van der Waals surface area contributed by atoms with Gasteiger partial charge in [0.25, 0.3) is 5.91 Å². The molecule has 5 heteroatoms. The number of carbonyl (C=O) groups is 1. The van der Waals surface area contributed by atoms with Crippen LogP contribution in [0.15, 0.2) is 5.38 Å². The number of hydrogen-bond acceptors (Lipinski definition) is 4. The molecule has 0 aromatic carbocycles. The van der Waals surface area contributed by atoms with Crippen LogP contribution in [0.2, 0.25) is 0 Å². The van der Waals surface area contributed by atoms with E-state index in [1.807, 2.05) is 5.38 Å². The Kier molecular flexibility index (Phi) is 4.24. The van der Waals surface area contributed by atoms with Gasteiger partial charge < -0.3 is 10.2 Å². The lowest BCUT2D eigenvalue weighted by Gasteiger charge is -2.30. The van der Waals surface area contributed by atoms with Gasteiger partial charge in [0, 0.05) is 24.5 Å². The summed E-state index contributed by atoms with van der Waals surface area (Å²) in [5.74, 6) is 0.730. The van der Waals surface area contributed by atoms with E-state index < -0.39 is 0 Å². The van der Waals surface area contributed by atoms with Gasteiger partial charge >= 0.3 is 0 Å². The number of carbonyl (C=O) groups excluding carboxylic acids is 1. The van der Waals surface area contributed by atoms with Gasteiger partial charge in [-0.25, -0.2) is 4.98 Å². The third-order valence-electron chi connectivity index (χ3n) is 4.34. The van der Waals surface area contributed by atoms with Crippen LogP contribution in [0, 0.1) is 5.92 Å². The Bertz CT molecular complexity index is 467. The molecule has 1 unspecified atom stereocenters. The van der Waals surface area contributed by atoms with Crippen LogP contribution in [0.4, 0.5) is 5.13 Å². The van der Waals surface area contributed by atoms with Crippen molar-refractivity contribution in [3.63, 3.8) is 0 Å². The normalized spacial score (nSPS) is 24.1. The number of rotatable bonds is 3. The molecule has 2 fully saturated rings. The molecule has 2 aliphatic rings. The SMILES string of the molecule is CC1CCCN(c2nc(C(=O)NC3CCCC3)cs2)C1. The van der Waals surface area contributed by atoms with Gasteiger partial charge in [0.1, 0.15) is 5.69 Å². The molecule has 0 bridgehead atoms. The fourth-order valence-electron chi connectivity index (χ4n) is 3.21. The average molecular weight is 293 g/mol. The van der Waals surface area contributed by atoms with Crippen LogP contribution in [0.3, 0.4) is 0 Å². The minimum atomic E-state index is 0.00413. The monoisotopic (exact) mass is 293 g/mol. The van der Waals surface area contributed by atoms with E-state index in [4.69, 9.17) is 0 Å². The van der Waals surface area contributed by atoms with E-state index in [2.05, 4.69) is 22.1 Å². The number of anilines is 1. The maximum Gasteiger partial charge on any atom is 0.271 e. The summed E-state index contributed by atoms with van der Waals surface area (Å²) in [6.07, 6.45) is 7.23. The summed E-state index contributed by atoms with van der Waals surface area (Å²) < 4.78 is 0. The van der Waals surface area contributed by atoms with Gasteiger partial charge in [-0.2, -0.15) is 0 Å². The largest absolute Gasteiger partial charge is 0.348 e. The molecule has 1 aromatic heterocycles. The zero-order valence-corrected chi connectivity index (χ0v) is 12.9. The van der Waals surface area contributed by atoms with Crippen molar-refractivity contribution in [1.29, 1.82) is 0 Å². The second-order valence-electron chi connectivity index (χ2n) is 6.16. The van der Waals surface area contributed by atoms with E-state index in [9.17, 15) is 4.79 Å². The van der Waals surface area contributed by atoms with Gasteiger partial charge in [0.05, 0.1) is 0 Å². The summed E-state index contributed by atoms with van der Waals surface area (Å²) in [7, 11) is 0. The number of piperidine rings is 1. The molecule has 3 rings (SSSR count). The first kappa shape index (κ1) is 13.9. The molecule has 4 nitrogen and oxygen atoms in total. The average Bonchev–Trinajstić information content (AvgIpc) is 3.09. The zero-order valence-electron chi connectivity index (χ0n) is 12.1. The lowest BCUT2D eigenvalue weighted by molar-refractivity contribution is 0.0933. The number of nitrogens with one attached hydrogen (secondary N) is 1. The molecular weight excluding hydrogens is 270 g/mol. The van der Waals surface area contributed by atoms with Crippen LogP contribution in [0.25, 0.3) is 0 Å². The first-order chi connectivity index (χ1) is 9.72. The molecule has 0 spiro atoms. The highest BCUT2D eigenvalue weighted by molar-refractivity contribution is 7.13. The standard InChI is InChI=1S/C15H23N3OS/c1-11-5-4-8-18(9-11)15-17-13(10-20-15)14(19)16-12-6-2-3-7-12/h10-12H,2-9H2,1H3,(H,16,19). The number of aromatic nitrogens is 1. The van der Waals surface area contributed by atoms with Gasteiger partial charge in [-0.15, -0.1) is 11.3 Å². The minimum Gasteiger partial charge on any atom is -0.348 e. The highest BCUT2D eigenvalue weighted by Gasteiger charge is 2.22. The number of nitrogens with zero attached hydrogens (tertiary/aromatic N) is 2. The van der Waals surface area contributed by atoms with Crippen LogP contribution < -0.4 is 10.2 Å². The molecule has 1 saturated heterocycles. The maximum atomic E-state index is 12.2. The Morgan fingerprint density at radius 1 is 1.35 bits per heavy atom. The van der Waals surface area contributed by atoms with Crippen molar-refractivity contribution < 1.29 is 4.79 Å². The van der Waals surface area contributed by atoms with Crippen LogP contribution in [-0.4, -0.2) is 30.0 Å². The molecule has 1 aliphatic carbocycles. The smallest absolute Gasteiger partial charge is 0.271 e. The van der Waals surface area contributed by atoms with Crippen molar-refractivity contribution in [3.8, 4) is 0 Å². The van der Waals surface area contributed by atoms with Gasteiger partial charge in [-0.1, -0.05) is 19.8 Å². The Labute approximate surface area is 124 Å². The Morgan fingerprint density at radius 3 is 2.90 bits per heavy atom. The van der Waals surface area contributed by atoms with Crippen molar-refractivity contribution in [1.82, 2.24) is 10.3 Å². The van der Waals surface area contributed by atoms with Crippen molar-refractivity contribution in [3.05, 3.63) is 11.1 Å². The molecule has 0 radical (unpaired) electrons. The predicted octanol–water partition coefficient (Wildman–Crippen LogP) is 3.05. The third-order valence-corrected chi connectivity index (χ3v) is 5.24. The number of amides is 1. The fourth-order valence-corrected chi connectivity index (χ4v) is 4.05. The molecule has 1 saturated carbocycles. The summed E-state index contributed by atoms with van der Waals surface area (Å²) in [6.45, 7) is 4.42. The van der Waals surface area contributed by atoms with Gasteiger partial charge in [0.2, 0.25) is 0 Å². The summed E-state index contributed by atoms with van der Waals surface area (Å²) >= 11 is 1.60. The van der Waals surface area contributed by atoms with Crippen LogP contribution >= 0.6 is 11.3 Å². The Morgan fingerprint density at radius 2 is 2.15 bits per heavy atom. The lowest BCUT2D eigenvalue weighted by Crippen LogP contribution is -2.35. The van der Waals surface area contributed by atoms with Crippen molar-refractivity contribution >= 4 is 22.4 Å².